The predicted octanol–water partition coefficient (Wildman–Crippen LogP) is 17.6. The fourth-order valence-electron chi connectivity index (χ4n) is 7.30. The molecule has 1 aliphatic carbocycles. The van der Waals surface area contributed by atoms with Crippen LogP contribution in [0.5, 0.6) is 0 Å². The van der Waals surface area contributed by atoms with Crippen LogP contribution in [0.4, 0.5) is 0 Å². The van der Waals surface area contributed by atoms with Crippen molar-refractivity contribution < 1.29 is 9.59 Å². The molecule has 1 aromatic carbocycles. The van der Waals surface area contributed by atoms with Crippen LogP contribution in [0.25, 0.3) is 0 Å². The van der Waals surface area contributed by atoms with Crippen LogP contribution < -0.4 is 0 Å². The van der Waals surface area contributed by atoms with E-state index in [4.69, 9.17) is 0 Å². The zero-order valence-corrected chi connectivity index (χ0v) is 38.8. The lowest BCUT2D eigenvalue weighted by Gasteiger charge is -2.18. The van der Waals surface area contributed by atoms with Gasteiger partial charge in [0.2, 0.25) is 0 Å². The molecule has 1 aliphatic rings. The summed E-state index contributed by atoms with van der Waals surface area (Å²) in [5.74, 6) is -0.0318. The molecule has 0 saturated carbocycles. The summed E-state index contributed by atoms with van der Waals surface area (Å²) < 4.78 is 0. The number of allylic oxidation sites excluding steroid dienone is 20. The first kappa shape index (κ1) is 50.1. The molecule has 1 aromatic rings. The number of benzene rings is 1. The van der Waals surface area contributed by atoms with Crippen molar-refractivity contribution in [3.05, 3.63) is 151 Å². The standard InChI is InChI=1S/C56H80O2/c1-42(2)22-14-23-43(3)24-15-25-44(4)26-16-27-45(5)28-17-29-46(6)30-18-31-47(7)32-19-33-48(8)34-20-35-49(9)36-21-37-50(10)40-41-52-51(11)55(57)53-38-12-13-39-54(53)56(52)58/h12-13,22,24,26,28,30,32,34,36,38-40H,14-21,23,25,27,29,31,33,35,37,41H2,1-11H3/b43-24+,44-26-,45-28+,46-30+,47-32+,48-34+,49-36+,50-40+. The van der Waals surface area contributed by atoms with E-state index in [2.05, 4.69) is 124 Å². The Hall–Kier alpha value is -4.04. The molecular weight excluding hydrogens is 705 g/mol. The minimum absolute atomic E-state index is 0.00864. The highest BCUT2D eigenvalue weighted by Gasteiger charge is 2.28. The second-order valence-corrected chi connectivity index (χ2v) is 17.5. The van der Waals surface area contributed by atoms with Crippen molar-refractivity contribution in [2.24, 2.45) is 0 Å². The molecule has 0 bridgehead atoms. The molecule has 0 saturated heterocycles. The van der Waals surface area contributed by atoms with Crippen LogP contribution in [0.1, 0.15) is 206 Å². The van der Waals surface area contributed by atoms with Gasteiger partial charge in [0.1, 0.15) is 0 Å². The predicted molar refractivity (Wildman–Crippen MR) is 256 cm³/mol. The number of hydrogen-bond acceptors (Lipinski definition) is 2. The highest BCUT2D eigenvalue weighted by molar-refractivity contribution is 6.26. The third kappa shape index (κ3) is 21.1. The van der Waals surface area contributed by atoms with Crippen molar-refractivity contribution in [2.45, 2.75) is 185 Å². The van der Waals surface area contributed by atoms with Gasteiger partial charge in [0.05, 0.1) is 0 Å². The Morgan fingerprint density at radius 1 is 0.379 bits per heavy atom. The second-order valence-electron chi connectivity index (χ2n) is 17.5. The number of fused-ring (bicyclic) bond motifs is 1. The van der Waals surface area contributed by atoms with E-state index < -0.39 is 0 Å². The number of carbonyl (C=O) groups is 2. The van der Waals surface area contributed by atoms with Crippen molar-refractivity contribution in [2.75, 3.05) is 0 Å². The molecule has 0 radical (unpaired) electrons. The molecule has 58 heavy (non-hydrogen) atoms. The average molecular weight is 785 g/mol. The second kappa shape index (κ2) is 28.4. The van der Waals surface area contributed by atoms with Crippen LogP contribution >= 0.6 is 0 Å². The van der Waals surface area contributed by atoms with Gasteiger partial charge in [-0.05, 0) is 185 Å². The zero-order chi connectivity index (χ0) is 42.9. The van der Waals surface area contributed by atoms with Crippen LogP contribution in [0.2, 0.25) is 0 Å². The molecule has 0 N–H and O–H groups in total. The SMILES string of the molecule is CC(C)=CCC/C(C)=C/CC/C(C)=C\CC/C(C)=C/CC/C(C)=C/CC/C(C)=C/CC/C(C)=C/CC/C(C)=C/CC/C(C)=C/CC1=C(C)C(=O)c2ccccc2C1=O. The lowest BCUT2D eigenvalue weighted by atomic mass is 9.83. The Kier molecular flexibility index (Phi) is 24.5. The molecule has 0 spiro atoms. The monoisotopic (exact) mass is 785 g/mol. The van der Waals surface area contributed by atoms with Gasteiger partial charge in [-0.2, -0.15) is 0 Å². The maximum Gasteiger partial charge on any atom is 0.190 e. The molecule has 0 heterocycles. The summed E-state index contributed by atoms with van der Waals surface area (Å²) >= 11 is 0. The third-order valence-electron chi connectivity index (χ3n) is 11.4. The summed E-state index contributed by atoms with van der Waals surface area (Å²) in [7, 11) is 0. The Morgan fingerprint density at radius 3 is 0.931 bits per heavy atom. The Morgan fingerprint density at radius 2 is 0.638 bits per heavy atom. The van der Waals surface area contributed by atoms with E-state index in [0.717, 1.165) is 83.5 Å². The van der Waals surface area contributed by atoms with E-state index in [0.29, 0.717) is 28.7 Å². The molecule has 2 heteroatoms. The summed E-state index contributed by atoms with van der Waals surface area (Å²) in [4.78, 5) is 25.8. The number of hydrogen-bond donors (Lipinski definition) is 0. The highest BCUT2D eigenvalue weighted by atomic mass is 16.1. The number of Topliss-reactive ketones (excluding diaryl/α,β-unsaturated/α-hetero) is 2. The summed E-state index contributed by atoms with van der Waals surface area (Å²) in [5, 5.41) is 0. The van der Waals surface area contributed by atoms with E-state index in [-0.39, 0.29) is 11.6 Å². The molecule has 316 valence electrons. The van der Waals surface area contributed by atoms with Gasteiger partial charge >= 0.3 is 0 Å². The smallest absolute Gasteiger partial charge is 0.190 e. The van der Waals surface area contributed by atoms with Gasteiger partial charge in [-0.1, -0.05) is 129 Å². The Balaban J connectivity index is 1.60. The summed E-state index contributed by atoms with van der Waals surface area (Å²) in [6, 6.07) is 7.16. The van der Waals surface area contributed by atoms with Crippen LogP contribution in [0, 0.1) is 0 Å². The number of rotatable bonds is 26. The van der Waals surface area contributed by atoms with E-state index >= 15 is 0 Å². The molecule has 0 unspecified atom stereocenters. The summed E-state index contributed by atoms with van der Waals surface area (Å²) in [6.07, 6.45) is 39.9. The Bertz CT molecular complexity index is 1810. The molecule has 0 atom stereocenters. The van der Waals surface area contributed by atoms with E-state index in [1.54, 1.807) is 19.1 Å². The molecule has 2 rings (SSSR count). The number of carbonyl (C=O) groups excluding carboxylic acids is 2. The molecule has 0 aliphatic heterocycles. The largest absolute Gasteiger partial charge is 0.289 e. The first-order valence-electron chi connectivity index (χ1n) is 22.4. The van der Waals surface area contributed by atoms with Crippen LogP contribution in [0.3, 0.4) is 0 Å². The van der Waals surface area contributed by atoms with Gasteiger partial charge in [0.25, 0.3) is 0 Å². The lowest BCUT2D eigenvalue weighted by Crippen LogP contribution is -2.20. The minimum Gasteiger partial charge on any atom is -0.289 e. The van der Waals surface area contributed by atoms with Gasteiger partial charge in [-0.15, -0.1) is 0 Å². The number of ketones is 2. The molecule has 0 aromatic heterocycles. The van der Waals surface area contributed by atoms with Gasteiger partial charge in [-0.25, -0.2) is 0 Å². The summed E-state index contributed by atoms with van der Waals surface area (Å²) in [5.41, 5.74) is 15.4. The van der Waals surface area contributed by atoms with E-state index in [1.807, 2.05) is 12.1 Å². The Labute approximate surface area is 356 Å². The topological polar surface area (TPSA) is 34.1 Å². The maximum absolute atomic E-state index is 13.0. The molecule has 0 fully saturated rings. The zero-order valence-electron chi connectivity index (χ0n) is 38.8. The van der Waals surface area contributed by atoms with Crippen molar-refractivity contribution in [1.29, 1.82) is 0 Å². The molecule has 2 nitrogen and oxygen atoms in total. The van der Waals surface area contributed by atoms with Gasteiger partial charge in [-0.3, -0.25) is 9.59 Å². The van der Waals surface area contributed by atoms with Crippen molar-refractivity contribution in [3.8, 4) is 0 Å². The lowest BCUT2D eigenvalue weighted by molar-refractivity contribution is 0.0973. The quantitative estimate of drug-likeness (QED) is 0.0877. The van der Waals surface area contributed by atoms with Gasteiger partial charge in [0, 0.05) is 22.3 Å². The fourth-order valence-corrected chi connectivity index (χ4v) is 7.30. The van der Waals surface area contributed by atoms with Crippen LogP contribution in [0.15, 0.2) is 140 Å². The highest BCUT2D eigenvalue weighted by Crippen LogP contribution is 2.29. The van der Waals surface area contributed by atoms with E-state index in [9.17, 15) is 9.59 Å². The van der Waals surface area contributed by atoms with Crippen LogP contribution in [-0.4, -0.2) is 11.6 Å². The first-order valence-corrected chi connectivity index (χ1v) is 22.4. The van der Waals surface area contributed by atoms with Gasteiger partial charge in [0.15, 0.2) is 11.6 Å². The molecule has 0 amide bonds. The molecular formula is C56H80O2. The fraction of sp³-hybridized carbons (Fsp3) is 0.500. The normalized spacial score (nSPS) is 15.4. The van der Waals surface area contributed by atoms with Crippen molar-refractivity contribution in [1.82, 2.24) is 0 Å². The first-order chi connectivity index (χ1) is 27.7. The summed E-state index contributed by atoms with van der Waals surface area (Å²) in [6.45, 7) is 24.2. The van der Waals surface area contributed by atoms with Crippen LogP contribution in [-0.2, 0) is 0 Å². The van der Waals surface area contributed by atoms with Crippen molar-refractivity contribution >= 4 is 11.6 Å². The minimum atomic E-state index is -0.0231. The average Bonchev–Trinajstić information content (AvgIpc) is 3.17. The van der Waals surface area contributed by atoms with Crippen molar-refractivity contribution in [3.63, 3.8) is 0 Å². The van der Waals surface area contributed by atoms with Gasteiger partial charge < -0.3 is 0 Å². The third-order valence-corrected chi connectivity index (χ3v) is 11.4. The van der Waals surface area contributed by atoms with E-state index in [1.165, 1.54) is 69.4 Å². The maximum atomic E-state index is 13.0.